The van der Waals surface area contributed by atoms with Gasteiger partial charge in [0, 0.05) is 18.8 Å². The summed E-state index contributed by atoms with van der Waals surface area (Å²) in [5, 5.41) is 0.485. The molecule has 0 N–H and O–H groups in total. The first-order valence-corrected chi connectivity index (χ1v) is 14.5. The lowest BCUT2D eigenvalue weighted by Crippen LogP contribution is -2.35. The number of amides is 1. The van der Waals surface area contributed by atoms with Gasteiger partial charge in [0.25, 0.3) is 11.5 Å². The van der Waals surface area contributed by atoms with Gasteiger partial charge in [0.1, 0.15) is 17.3 Å². The van der Waals surface area contributed by atoms with Crippen LogP contribution in [0.4, 0.5) is 5.69 Å². The Hall–Kier alpha value is -4.86. The number of carbonyl (C=O) groups excluding carboxylic acids is 1. The zero-order chi connectivity index (χ0) is 29.9. The van der Waals surface area contributed by atoms with Crippen LogP contribution < -0.4 is 24.5 Å². The number of rotatable bonds is 10. The van der Waals surface area contributed by atoms with Gasteiger partial charge >= 0.3 is 0 Å². The van der Waals surface area contributed by atoms with Crippen molar-refractivity contribution in [2.45, 2.75) is 38.6 Å². The highest BCUT2D eigenvalue weighted by Gasteiger charge is 2.32. The van der Waals surface area contributed by atoms with E-state index in [0.717, 1.165) is 32.2 Å². The fourth-order valence-corrected chi connectivity index (χ4v) is 5.60. The Morgan fingerprint density at radius 1 is 0.884 bits per heavy atom. The molecule has 0 saturated carbocycles. The van der Waals surface area contributed by atoms with Crippen LogP contribution in [0.1, 0.15) is 41.9 Å². The van der Waals surface area contributed by atoms with Crippen molar-refractivity contribution in [1.82, 2.24) is 14.5 Å². The molecule has 0 spiro atoms. The highest BCUT2D eigenvalue weighted by atomic mass is 16.5. The lowest BCUT2D eigenvalue weighted by molar-refractivity contribution is 0.0774. The third kappa shape index (κ3) is 5.64. The molecule has 0 unspecified atom stereocenters. The number of hydrogen-bond acceptors (Lipinski definition) is 8. The molecule has 0 aliphatic carbocycles. The maximum absolute atomic E-state index is 13.4. The number of fused-ring (bicyclic) bond motifs is 3. The van der Waals surface area contributed by atoms with E-state index in [1.165, 1.54) is 0 Å². The van der Waals surface area contributed by atoms with Crippen LogP contribution in [-0.4, -0.2) is 66.6 Å². The summed E-state index contributed by atoms with van der Waals surface area (Å²) in [5.74, 6) is 2.97. The standard InChI is InChI=1S/C33H34N4O6/c1-21-35-28-13-12-25(17-26(28)33(39)37(21)22-8-10-24(40-2)11-9-22)42-15-4-5-16-43-31-19-29-27(18-30(31)41-3)32(38)36-14-6-7-23(36)20-34-29/h8-13,17-20,23H,4-7,14-16H2,1-3H3/t23-/m0/s1. The largest absolute Gasteiger partial charge is 0.497 e. The molecule has 0 bridgehead atoms. The van der Waals surface area contributed by atoms with E-state index >= 15 is 0 Å². The van der Waals surface area contributed by atoms with Crippen molar-refractivity contribution in [3.05, 3.63) is 76.3 Å². The Morgan fingerprint density at radius 3 is 2.42 bits per heavy atom. The normalized spacial score (nSPS) is 15.7. The number of aliphatic imine (C=N–C) groups is 1. The van der Waals surface area contributed by atoms with Gasteiger partial charge in [0.15, 0.2) is 11.5 Å². The number of carbonyl (C=O) groups is 1. The summed E-state index contributed by atoms with van der Waals surface area (Å²) in [5.41, 5.74) is 2.32. The second kappa shape index (κ2) is 12.2. The molecule has 1 amide bonds. The number of aryl methyl sites for hydroxylation is 1. The van der Waals surface area contributed by atoms with Crippen molar-refractivity contribution in [1.29, 1.82) is 0 Å². The summed E-state index contributed by atoms with van der Waals surface area (Å²) < 4.78 is 24.4. The SMILES string of the molecule is COc1ccc(-n2c(C)nc3ccc(OCCCCOc4cc5c(cc4OC)C(=O)N4CCC[C@H]4C=N5)cc3c2=O)cc1. The van der Waals surface area contributed by atoms with Crippen LogP contribution in [0.5, 0.6) is 23.0 Å². The second-order valence-corrected chi connectivity index (χ2v) is 10.6. The third-order valence-electron chi connectivity index (χ3n) is 7.86. The van der Waals surface area contributed by atoms with Gasteiger partial charge in [-0.05, 0) is 81.1 Å². The molecule has 4 aromatic rings. The van der Waals surface area contributed by atoms with Crippen molar-refractivity contribution in [3.8, 4) is 28.7 Å². The van der Waals surface area contributed by atoms with Gasteiger partial charge in [0.2, 0.25) is 0 Å². The average molecular weight is 583 g/mol. The number of hydrogen-bond donors (Lipinski definition) is 0. The van der Waals surface area contributed by atoms with Crippen LogP contribution in [0, 0.1) is 6.92 Å². The van der Waals surface area contributed by atoms with E-state index in [1.54, 1.807) is 37.0 Å². The van der Waals surface area contributed by atoms with E-state index in [4.69, 9.17) is 18.9 Å². The molecule has 3 aromatic carbocycles. The second-order valence-electron chi connectivity index (χ2n) is 10.6. The Bertz CT molecular complexity index is 1750. The summed E-state index contributed by atoms with van der Waals surface area (Å²) in [6.45, 7) is 3.46. The number of nitrogens with zero attached hydrogens (tertiary/aromatic N) is 4. The minimum absolute atomic E-state index is 0.0174. The highest BCUT2D eigenvalue weighted by molar-refractivity contribution is 6.03. The minimum atomic E-state index is -0.160. The monoisotopic (exact) mass is 582 g/mol. The van der Waals surface area contributed by atoms with Gasteiger partial charge in [-0.25, -0.2) is 4.98 Å². The van der Waals surface area contributed by atoms with Crippen molar-refractivity contribution in [2.24, 2.45) is 4.99 Å². The van der Waals surface area contributed by atoms with Crippen LogP contribution in [0.15, 0.2) is 64.4 Å². The maximum atomic E-state index is 13.4. The van der Waals surface area contributed by atoms with E-state index in [1.807, 2.05) is 54.4 Å². The minimum Gasteiger partial charge on any atom is -0.497 e. The molecule has 43 heavy (non-hydrogen) atoms. The Labute approximate surface area is 249 Å². The zero-order valence-corrected chi connectivity index (χ0v) is 24.5. The first-order chi connectivity index (χ1) is 21.0. The summed E-state index contributed by atoms with van der Waals surface area (Å²) in [7, 11) is 3.17. The third-order valence-corrected chi connectivity index (χ3v) is 7.86. The molecular formula is C33H34N4O6. The Kier molecular flexibility index (Phi) is 8.00. The smallest absolute Gasteiger partial charge is 0.266 e. The molecule has 222 valence electrons. The zero-order valence-electron chi connectivity index (χ0n) is 24.5. The van der Waals surface area contributed by atoms with E-state index in [9.17, 15) is 9.59 Å². The van der Waals surface area contributed by atoms with Crippen LogP contribution in [0.25, 0.3) is 16.6 Å². The summed E-state index contributed by atoms with van der Waals surface area (Å²) in [6, 6.07) is 16.2. The van der Waals surface area contributed by atoms with Gasteiger partial charge in [0.05, 0.1) is 61.3 Å². The van der Waals surface area contributed by atoms with E-state index in [0.29, 0.717) is 69.9 Å². The lowest BCUT2D eigenvalue weighted by atomic mass is 10.1. The molecule has 1 saturated heterocycles. The molecular weight excluding hydrogens is 548 g/mol. The molecule has 1 fully saturated rings. The summed E-state index contributed by atoms with van der Waals surface area (Å²) >= 11 is 0. The van der Waals surface area contributed by atoms with E-state index in [-0.39, 0.29) is 17.5 Å². The van der Waals surface area contributed by atoms with Crippen LogP contribution in [-0.2, 0) is 0 Å². The number of methoxy groups -OCH3 is 2. The lowest BCUT2D eigenvalue weighted by Gasteiger charge is -2.20. The van der Waals surface area contributed by atoms with E-state index < -0.39 is 0 Å². The van der Waals surface area contributed by atoms with Crippen LogP contribution >= 0.6 is 0 Å². The van der Waals surface area contributed by atoms with Gasteiger partial charge in [-0.1, -0.05) is 0 Å². The fraction of sp³-hybridized carbons (Fsp3) is 0.333. The van der Waals surface area contributed by atoms with Crippen LogP contribution in [0.2, 0.25) is 0 Å². The van der Waals surface area contributed by atoms with Gasteiger partial charge < -0.3 is 23.8 Å². The average Bonchev–Trinajstić information content (AvgIpc) is 3.46. The molecule has 1 atom stereocenters. The predicted molar refractivity (Wildman–Crippen MR) is 164 cm³/mol. The number of unbranched alkanes of at least 4 members (excludes halogenated alkanes) is 1. The molecule has 2 aliphatic heterocycles. The first kappa shape index (κ1) is 28.3. The van der Waals surface area contributed by atoms with Gasteiger partial charge in [-0.3, -0.25) is 19.1 Å². The number of benzene rings is 3. The van der Waals surface area contributed by atoms with Gasteiger partial charge in [-0.2, -0.15) is 0 Å². The first-order valence-electron chi connectivity index (χ1n) is 14.5. The molecule has 2 aliphatic rings. The van der Waals surface area contributed by atoms with Gasteiger partial charge in [-0.15, -0.1) is 0 Å². The highest BCUT2D eigenvalue weighted by Crippen LogP contribution is 2.38. The molecule has 0 radical (unpaired) electrons. The van der Waals surface area contributed by atoms with Crippen molar-refractivity contribution >= 4 is 28.7 Å². The molecule has 6 rings (SSSR count). The number of ether oxygens (including phenoxy) is 4. The van der Waals surface area contributed by atoms with Crippen LogP contribution in [0.3, 0.4) is 0 Å². The Morgan fingerprint density at radius 2 is 1.65 bits per heavy atom. The number of aromatic nitrogens is 2. The van der Waals surface area contributed by atoms with Crippen molar-refractivity contribution in [3.63, 3.8) is 0 Å². The maximum Gasteiger partial charge on any atom is 0.266 e. The summed E-state index contributed by atoms with van der Waals surface area (Å²) in [4.78, 5) is 37.6. The molecule has 10 heteroatoms. The Balaban J connectivity index is 1.07. The van der Waals surface area contributed by atoms with E-state index in [2.05, 4.69) is 9.98 Å². The topological polar surface area (TPSA) is 104 Å². The van der Waals surface area contributed by atoms with Crippen molar-refractivity contribution in [2.75, 3.05) is 34.0 Å². The predicted octanol–water partition coefficient (Wildman–Crippen LogP) is 5.27. The molecule has 10 nitrogen and oxygen atoms in total. The molecule has 3 heterocycles. The van der Waals surface area contributed by atoms with Crippen molar-refractivity contribution < 1.29 is 23.7 Å². The molecule has 1 aromatic heterocycles. The quantitative estimate of drug-likeness (QED) is 0.235. The summed E-state index contributed by atoms with van der Waals surface area (Å²) in [6.07, 6.45) is 5.26. The fourth-order valence-electron chi connectivity index (χ4n) is 5.60.